The molecule has 0 aliphatic carbocycles. The van der Waals surface area contributed by atoms with Crippen molar-refractivity contribution in [2.24, 2.45) is 0 Å². The van der Waals surface area contributed by atoms with Gasteiger partial charge < -0.3 is 9.88 Å². The molecule has 0 atom stereocenters. The predicted octanol–water partition coefficient (Wildman–Crippen LogP) is 2.87. The van der Waals surface area contributed by atoms with Crippen LogP contribution in [0.1, 0.15) is 11.3 Å². The summed E-state index contributed by atoms with van der Waals surface area (Å²) in [6, 6.07) is 8.53. The number of hydrogen-bond acceptors (Lipinski definition) is 3. The van der Waals surface area contributed by atoms with Gasteiger partial charge in [0.25, 0.3) is 0 Å². The maximum atomic E-state index is 4.36. The SMILES string of the molecule is CNCc1cn(Cc2cscn2)c2ccccc12. The van der Waals surface area contributed by atoms with Gasteiger partial charge in [-0.1, -0.05) is 18.2 Å². The van der Waals surface area contributed by atoms with E-state index in [1.54, 1.807) is 11.3 Å². The van der Waals surface area contributed by atoms with Gasteiger partial charge in [-0.3, -0.25) is 0 Å². The van der Waals surface area contributed by atoms with Crippen LogP contribution in [0, 0.1) is 0 Å². The van der Waals surface area contributed by atoms with Gasteiger partial charge in [0.15, 0.2) is 0 Å². The van der Waals surface area contributed by atoms with Crippen LogP contribution in [0.15, 0.2) is 41.4 Å². The lowest BCUT2D eigenvalue weighted by molar-refractivity contribution is 0.786. The second kappa shape index (κ2) is 4.92. The highest BCUT2D eigenvalue weighted by Gasteiger charge is 2.08. The minimum atomic E-state index is 0.841. The molecule has 0 fully saturated rings. The molecule has 2 heterocycles. The lowest BCUT2D eigenvalue weighted by Gasteiger charge is -2.01. The van der Waals surface area contributed by atoms with Crippen molar-refractivity contribution < 1.29 is 0 Å². The molecule has 0 saturated carbocycles. The van der Waals surface area contributed by atoms with Crippen molar-refractivity contribution in [1.82, 2.24) is 14.9 Å². The third-order valence-electron chi connectivity index (χ3n) is 3.05. The van der Waals surface area contributed by atoms with Crippen molar-refractivity contribution >= 4 is 22.2 Å². The fourth-order valence-corrected chi connectivity index (χ4v) is 2.82. The second-order valence-corrected chi connectivity index (χ2v) is 5.03. The van der Waals surface area contributed by atoms with Crippen LogP contribution in [0.5, 0.6) is 0 Å². The molecule has 0 amide bonds. The fraction of sp³-hybridized carbons (Fsp3) is 0.214. The standard InChI is InChI=1S/C14H15N3S/c1-15-6-11-7-17(8-12-9-18-10-16-12)14-5-3-2-4-13(11)14/h2-5,7,9-10,15H,6,8H2,1H3. The third kappa shape index (κ3) is 2.05. The Morgan fingerprint density at radius 1 is 1.33 bits per heavy atom. The number of nitrogens with one attached hydrogen (secondary N) is 1. The summed E-state index contributed by atoms with van der Waals surface area (Å²) >= 11 is 1.64. The minimum absolute atomic E-state index is 0.841. The topological polar surface area (TPSA) is 29.9 Å². The molecule has 4 heteroatoms. The first-order valence-electron chi connectivity index (χ1n) is 5.97. The van der Waals surface area contributed by atoms with Crippen molar-refractivity contribution in [3.8, 4) is 0 Å². The third-order valence-corrected chi connectivity index (χ3v) is 3.69. The Bertz CT molecular complexity index is 640. The highest BCUT2D eigenvalue weighted by molar-refractivity contribution is 7.07. The quantitative estimate of drug-likeness (QED) is 0.779. The van der Waals surface area contributed by atoms with E-state index in [2.05, 4.69) is 50.7 Å². The molecule has 1 aromatic carbocycles. The zero-order chi connectivity index (χ0) is 12.4. The summed E-state index contributed by atoms with van der Waals surface area (Å²) in [5.41, 5.74) is 5.62. The van der Waals surface area contributed by atoms with Crippen molar-refractivity contribution in [3.05, 3.63) is 52.6 Å². The van der Waals surface area contributed by atoms with Crippen LogP contribution in [0.25, 0.3) is 10.9 Å². The average Bonchev–Trinajstić information content (AvgIpc) is 3.00. The van der Waals surface area contributed by atoms with Crippen LogP contribution in [0.3, 0.4) is 0 Å². The molecule has 0 saturated heterocycles. The van der Waals surface area contributed by atoms with Crippen LogP contribution in [-0.2, 0) is 13.1 Å². The summed E-state index contributed by atoms with van der Waals surface area (Å²) < 4.78 is 2.27. The first-order valence-corrected chi connectivity index (χ1v) is 6.91. The second-order valence-electron chi connectivity index (χ2n) is 4.31. The fourth-order valence-electron chi connectivity index (χ4n) is 2.28. The van der Waals surface area contributed by atoms with Gasteiger partial charge in [0.05, 0.1) is 17.7 Å². The molecule has 3 nitrogen and oxygen atoms in total. The summed E-state index contributed by atoms with van der Waals surface area (Å²) in [6.07, 6.45) is 2.22. The van der Waals surface area contributed by atoms with Crippen LogP contribution >= 0.6 is 11.3 Å². The van der Waals surface area contributed by atoms with Crippen molar-refractivity contribution in [3.63, 3.8) is 0 Å². The molecule has 3 rings (SSSR count). The maximum absolute atomic E-state index is 4.36. The van der Waals surface area contributed by atoms with E-state index in [1.807, 2.05) is 12.6 Å². The predicted molar refractivity (Wildman–Crippen MR) is 75.9 cm³/mol. The molecule has 92 valence electrons. The largest absolute Gasteiger partial charge is 0.341 e. The summed E-state index contributed by atoms with van der Waals surface area (Å²) in [6.45, 7) is 1.73. The summed E-state index contributed by atoms with van der Waals surface area (Å²) in [5.74, 6) is 0. The van der Waals surface area contributed by atoms with Crippen LogP contribution in [0.4, 0.5) is 0 Å². The normalized spacial score (nSPS) is 11.2. The van der Waals surface area contributed by atoms with E-state index in [4.69, 9.17) is 0 Å². The zero-order valence-corrected chi connectivity index (χ0v) is 11.1. The van der Waals surface area contributed by atoms with Gasteiger partial charge in [0.1, 0.15) is 0 Å². The first-order chi connectivity index (χ1) is 8.88. The van der Waals surface area contributed by atoms with Crippen LogP contribution in [0.2, 0.25) is 0 Å². The number of rotatable bonds is 4. The molecule has 0 spiro atoms. The number of thiazole rings is 1. The lowest BCUT2D eigenvalue weighted by atomic mass is 10.2. The number of fused-ring (bicyclic) bond motifs is 1. The van der Waals surface area contributed by atoms with E-state index in [1.165, 1.54) is 16.5 Å². The molecule has 1 N–H and O–H groups in total. The summed E-state index contributed by atoms with van der Waals surface area (Å²) in [7, 11) is 1.98. The van der Waals surface area contributed by atoms with Crippen molar-refractivity contribution in [2.75, 3.05) is 7.05 Å². The molecule has 0 radical (unpaired) electrons. The molecule has 0 unspecified atom stereocenters. The van der Waals surface area contributed by atoms with Gasteiger partial charge in [-0.15, -0.1) is 11.3 Å². The Hall–Kier alpha value is -1.65. The van der Waals surface area contributed by atoms with Gasteiger partial charge in [0, 0.05) is 29.0 Å². The van der Waals surface area contributed by atoms with Crippen molar-refractivity contribution in [1.29, 1.82) is 0 Å². The van der Waals surface area contributed by atoms with Gasteiger partial charge in [-0.2, -0.15) is 0 Å². The van der Waals surface area contributed by atoms with E-state index in [0.717, 1.165) is 18.8 Å². The summed E-state index contributed by atoms with van der Waals surface area (Å²) in [4.78, 5) is 4.36. The minimum Gasteiger partial charge on any atom is -0.341 e. The highest BCUT2D eigenvalue weighted by atomic mass is 32.1. The monoisotopic (exact) mass is 257 g/mol. The number of benzene rings is 1. The number of nitrogens with zero attached hydrogens (tertiary/aromatic N) is 2. The van der Waals surface area contributed by atoms with E-state index in [0.29, 0.717) is 0 Å². The van der Waals surface area contributed by atoms with E-state index < -0.39 is 0 Å². The maximum Gasteiger partial charge on any atom is 0.0795 e. The Balaban J connectivity index is 2.05. The van der Waals surface area contributed by atoms with Gasteiger partial charge in [-0.25, -0.2) is 4.98 Å². The van der Waals surface area contributed by atoms with Crippen LogP contribution in [-0.4, -0.2) is 16.6 Å². The van der Waals surface area contributed by atoms with E-state index in [9.17, 15) is 0 Å². The number of hydrogen-bond donors (Lipinski definition) is 1. The van der Waals surface area contributed by atoms with Gasteiger partial charge in [0.2, 0.25) is 0 Å². The molecule has 3 aromatic rings. The summed E-state index contributed by atoms with van der Waals surface area (Å²) in [5, 5.41) is 6.65. The van der Waals surface area contributed by atoms with Gasteiger partial charge >= 0.3 is 0 Å². The molecular formula is C14H15N3S. The van der Waals surface area contributed by atoms with E-state index >= 15 is 0 Å². The Morgan fingerprint density at radius 2 is 2.22 bits per heavy atom. The molecule has 0 aliphatic rings. The zero-order valence-electron chi connectivity index (χ0n) is 10.3. The molecular weight excluding hydrogens is 242 g/mol. The molecule has 0 bridgehead atoms. The van der Waals surface area contributed by atoms with Gasteiger partial charge in [-0.05, 0) is 18.7 Å². The van der Waals surface area contributed by atoms with E-state index in [-0.39, 0.29) is 0 Å². The Kier molecular flexibility index (Phi) is 3.13. The number of aromatic nitrogens is 2. The Labute approximate surface area is 110 Å². The average molecular weight is 257 g/mol. The smallest absolute Gasteiger partial charge is 0.0795 e. The molecule has 2 aromatic heterocycles. The highest BCUT2D eigenvalue weighted by Crippen LogP contribution is 2.22. The first kappa shape index (κ1) is 11.4. The molecule has 0 aliphatic heterocycles. The number of para-hydroxylation sites is 1. The Morgan fingerprint density at radius 3 is 3.00 bits per heavy atom. The van der Waals surface area contributed by atoms with Crippen LogP contribution < -0.4 is 5.32 Å². The molecule has 18 heavy (non-hydrogen) atoms. The lowest BCUT2D eigenvalue weighted by Crippen LogP contribution is -2.04. The van der Waals surface area contributed by atoms with Crippen molar-refractivity contribution in [2.45, 2.75) is 13.1 Å².